The number of carbonyl (C=O) groups is 1. The van der Waals surface area contributed by atoms with Gasteiger partial charge in [0.25, 0.3) is 5.91 Å². The van der Waals surface area contributed by atoms with Crippen LogP contribution in [0, 0.1) is 11.3 Å². The Morgan fingerprint density at radius 2 is 2.45 bits per heavy atom. The van der Waals surface area contributed by atoms with Crippen molar-refractivity contribution in [2.45, 2.75) is 45.1 Å². The van der Waals surface area contributed by atoms with E-state index in [1.807, 2.05) is 18.2 Å². The van der Waals surface area contributed by atoms with Crippen molar-refractivity contribution in [3.63, 3.8) is 0 Å². The quantitative estimate of drug-likeness (QED) is 0.700. The molecule has 1 aliphatic carbocycles. The molecule has 0 fully saturated rings. The van der Waals surface area contributed by atoms with Crippen LogP contribution >= 0.6 is 0 Å². The summed E-state index contributed by atoms with van der Waals surface area (Å²) < 4.78 is 0. The van der Waals surface area contributed by atoms with Crippen LogP contribution in [-0.4, -0.2) is 23.7 Å². The number of rotatable bonds is 7. The third kappa shape index (κ3) is 5.85. The SMILES string of the molecule is CC(CO)NC(=O)C1=CCCC(/C=C\CCCC#N)=C1. The van der Waals surface area contributed by atoms with Gasteiger partial charge in [-0.3, -0.25) is 4.79 Å². The predicted molar refractivity (Wildman–Crippen MR) is 78.7 cm³/mol. The molecule has 0 heterocycles. The fourth-order valence-electron chi connectivity index (χ4n) is 1.90. The lowest BCUT2D eigenvalue weighted by Crippen LogP contribution is -2.35. The fraction of sp³-hybridized carbons (Fsp3) is 0.500. The lowest BCUT2D eigenvalue weighted by Gasteiger charge is -2.14. The first kappa shape index (κ1) is 16.2. The van der Waals surface area contributed by atoms with Gasteiger partial charge in [-0.05, 0) is 44.3 Å². The summed E-state index contributed by atoms with van der Waals surface area (Å²) in [6.07, 6.45) is 12.0. The molecule has 0 saturated heterocycles. The van der Waals surface area contributed by atoms with E-state index in [9.17, 15) is 4.79 Å². The monoisotopic (exact) mass is 274 g/mol. The standard InChI is InChI=1S/C16H22N2O2/c1-13(12-19)18-16(20)15-9-6-8-14(11-15)7-4-2-3-5-10-17/h4,7,9,11,13,19H,2-3,5-6,8,12H2,1H3,(H,18,20)/b7-4-. The Kier molecular flexibility index (Phi) is 7.38. The van der Waals surface area contributed by atoms with E-state index in [0.717, 1.165) is 31.3 Å². The van der Waals surface area contributed by atoms with Crippen molar-refractivity contribution in [3.05, 3.63) is 35.5 Å². The molecule has 108 valence electrons. The van der Waals surface area contributed by atoms with Gasteiger partial charge in [0.05, 0.1) is 12.7 Å². The number of hydrogen-bond acceptors (Lipinski definition) is 3. The van der Waals surface area contributed by atoms with Crippen LogP contribution in [0.15, 0.2) is 35.5 Å². The van der Waals surface area contributed by atoms with E-state index >= 15 is 0 Å². The van der Waals surface area contributed by atoms with E-state index < -0.39 is 0 Å². The zero-order valence-corrected chi connectivity index (χ0v) is 11.9. The number of aliphatic hydroxyl groups is 1. The maximum Gasteiger partial charge on any atom is 0.251 e. The second kappa shape index (κ2) is 9.11. The number of nitriles is 1. The van der Waals surface area contributed by atoms with Crippen LogP contribution in [-0.2, 0) is 4.79 Å². The highest BCUT2D eigenvalue weighted by Gasteiger charge is 2.13. The number of nitrogens with one attached hydrogen (secondary N) is 1. The minimum Gasteiger partial charge on any atom is -0.394 e. The molecule has 1 atom stereocenters. The van der Waals surface area contributed by atoms with Crippen LogP contribution in [0.4, 0.5) is 0 Å². The molecular weight excluding hydrogens is 252 g/mol. The Hall–Kier alpha value is -1.86. The second-order valence-corrected chi connectivity index (χ2v) is 4.93. The van der Waals surface area contributed by atoms with E-state index in [1.54, 1.807) is 6.92 Å². The molecule has 0 aromatic heterocycles. The van der Waals surface area contributed by atoms with Crippen molar-refractivity contribution in [1.29, 1.82) is 5.26 Å². The highest BCUT2D eigenvalue weighted by molar-refractivity contribution is 5.96. The molecule has 1 aliphatic rings. The summed E-state index contributed by atoms with van der Waals surface area (Å²) in [5.41, 5.74) is 1.79. The van der Waals surface area contributed by atoms with Crippen molar-refractivity contribution < 1.29 is 9.90 Å². The van der Waals surface area contributed by atoms with E-state index in [-0.39, 0.29) is 18.6 Å². The summed E-state index contributed by atoms with van der Waals surface area (Å²) in [4.78, 5) is 11.9. The van der Waals surface area contributed by atoms with Gasteiger partial charge in [0.2, 0.25) is 0 Å². The topological polar surface area (TPSA) is 73.1 Å². The van der Waals surface area contributed by atoms with E-state index in [1.165, 1.54) is 0 Å². The fourth-order valence-corrected chi connectivity index (χ4v) is 1.90. The summed E-state index contributed by atoms with van der Waals surface area (Å²) in [5, 5.41) is 20.1. The van der Waals surface area contributed by atoms with Crippen molar-refractivity contribution >= 4 is 5.91 Å². The van der Waals surface area contributed by atoms with Crippen molar-refractivity contribution in [3.8, 4) is 6.07 Å². The average Bonchev–Trinajstić information content (AvgIpc) is 2.47. The molecule has 1 amide bonds. The minimum absolute atomic E-state index is 0.0611. The first-order valence-corrected chi connectivity index (χ1v) is 7.03. The number of nitrogens with zero attached hydrogens (tertiary/aromatic N) is 1. The Morgan fingerprint density at radius 1 is 1.65 bits per heavy atom. The molecule has 0 saturated carbocycles. The van der Waals surface area contributed by atoms with Gasteiger partial charge in [-0.2, -0.15) is 5.26 Å². The molecule has 2 N–H and O–H groups in total. The third-order valence-electron chi connectivity index (χ3n) is 3.04. The average molecular weight is 274 g/mol. The van der Waals surface area contributed by atoms with Crippen LogP contribution in [0.3, 0.4) is 0 Å². The second-order valence-electron chi connectivity index (χ2n) is 4.93. The molecule has 0 bridgehead atoms. The molecule has 0 aliphatic heterocycles. The smallest absolute Gasteiger partial charge is 0.251 e. The van der Waals surface area contributed by atoms with Gasteiger partial charge in [-0.25, -0.2) is 0 Å². The maximum absolute atomic E-state index is 11.9. The van der Waals surface area contributed by atoms with Gasteiger partial charge in [-0.15, -0.1) is 0 Å². The lowest BCUT2D eigenvalue weighted by atomic mass is 9.98. The van der Waals surface area contributed by atoms with Gasteiger partial charge < -0.3 is 10.4 Å². The van der Waals surface area contributed by atoms with Gasteiger partial charge in [0.1, 0.15) is 0 Å². The highest BCUT2D eigenvalue weighted by atomic mass is 16.3. The summed E-state index contributed by atoms with van der Waals surface area (Å²) >= 11 is 0. The van der Waals surface area contributed by atoms with Crippen LogP contribution in [0.1, 0.15) is 39.0 Å². The Bertz CT molecular complexity index is 456. The first-order valence-electron chi connectivity index (χ1n) is 7.03. The number of amides is 1. The van der Waals surface area contributed by atoms with Gasteiger partial charge in [0.15, 0.2) is 0 Å². The molecule has 1 unspecified atom stereocenters. The van der Waals surface area contributed by atoms with Gasteiger partial charge >= 0.3 is 0 Å². The molecule has 0 radical (unpaired) electrons. The van der Waals surface area contributed by atoms with Crippen LogP contribution < -0.4 is 5.32 Å². The maximum atomic E-state index is 11.9. The number of unbranched alkanes of at least 4 members (excludes halogenated alkanes) is 2. The number of aliphatic hydroxyl groups excluding tert-OH is 1. The van der Waals surface area contributed by atoms with E-state index in [0.29, 0.717) is 12.0 Å². The molecule has 0 aromatic carbocycles. The molecular formula is C16H22N2O2. The first-order chi connectivity index (χ1) is 9.67. The summed E-state index contributed by atoms with van der Waals surface area (Å²) in [7, 11) is 0. The molecule has 4 heteroatoms. The Morgan fingerprint density at radius 3 is 3.15 bits per heavy atom. The normalized spacial score (nSPS) is 16.2. The predicted octanol–water partition coefficient (Wildman–Crippen LogP) is 2.38. The van der Waals surface area contributed by atoms with Crippen LogP contribution in [0.2, 0.25) is 0 Å². The van der Waals surface area contributed by atoms with Crippen molar-refractivity contribution in [2.75, 3.05) is 6.61 Å². The van der Waals surface area contributed by atoms with Crippen molar-refractivity contribution in [2.24, 2.45) is 0 Å². The van der Waals surface area contributed by atoms with Gasteiger partial charge in [-0.1, -0.05) is 18.2 Å². The molecule has 1 rings (SSSR count). The van der Waals surface area contributed by atoms with Gasteiger partial charge in [0, 0.05) is 18.0 Å². The van der Waals surface area contributed by atoms with Crippen LogP contribution in [0.5, 0.6) is 0 Å². The molecule has 4 nitrogen and oxygen atoms in total. The molecule has 20 heavy (non-hydrogen) atoms. The summed E-state index contributed by atoms with van der Waals surface area (Å²) in [6, 6.07) is 1.89. The summed E-state index contributed by atoms with van der Waals surface area (Å²) in [6.45, 7) is 1.70. The molecule has 0 spiro atoms. The Labute approximate surface area is 120 Å². The number of carbonyl (C=O) groups excluding carboxylic acids is 1. The minimum atomic E-state index is -0.233. The highest BCUT2D eigenvalue weighted by Crippen LogP contribution is 2.19. The molecule has 0 aromatic rings. The number of hydrogen-bond donors (Lipinski definition) is 2. The van der Waals surface area contributed by atoms with Crippen molar-refractivity contribution in [1.82, 2.24) is 5.32 Å². The number of allylic oxidation sites excluding steroid dienone is 4. The summed E-state index contributed by atoms with van der Waals surface area (Å²) in [5.74, 6) is -0.137. The zero-order valence-electron chi connectivity index (χ0n) is 11.9. The zero-order chi connectivity index (χ0) is 14.8. The lowest BCUT2D eigenvalue weighted by molar-refractivity contribution is -0.118. The van der Waals surface area contributed by atoms with E-state index in [2.05, 4.69) is 17.5 Å². The van der Waals surface area contributed by atoms with E-state index in [4.69, 9.17) is 10.4 Å². The largest absolute Gasteiger partial charge is 0.394 e. The van der Waals surface area contributed by atoms with Crippen LogP contribution in [0.25, 0.3) is 0 Å². The third-order valence-corrected chi connectivity index (χ3v) is 3.04. The Balaban J connectivity index is 2.52.